The van der Waals surface area contributed by atoms with Crippen molar-refractivity contribution in [3.05, 3.63) is 29.8 Å². The lowest BCUT2D eigenvalue weighted by Gasteiger charge is -2.34. The third kappa shape index (κ3) is 2.23. The number of thioether (sulfide) groups is 1. The molecule has 2 heterocycles. The van der Waals surface area contributed by atoms with Gasteiger partial charge in [-0.25, -0.2) is 0 Å². The first-order valence-corrected chi connectivity index (χ1v) is 7.37. The van der Waals surface area contributed by atoms with Gasteiger partial charge in [-0.3, -0.25) is 9.59 Å². The molecule has 2 atom stereocenters. The highest BCUT2D eigenvalue weighted by Gasteiger charge is 2.36. The second-order valence-electron chi connectivity index (χ2n) is 4.92. The van der Waals surface area contributed by atoms with E-state index >= 15 is 0 Å². The van der Waals surface area contributed by atoms with E-state index in [4.69, 9.17) is 0 Å². The summed E-state index contributed by atoms with van der Waals surface area (Å²) in [5, 5.41) is 2.71. The van der Waals surface area contributed by atoms with Gasteiger partial charge in [0.25, 0.3) is 0 Å². The molecule has 2 aliphatic heterocycles. The van der Waals surface area contributed by atoms with Crippen LogP contribution in [0.2, 0.25) is 0 Å². The number of benzene rings is 1. The van der Waals surface area contributed by atoms with Crippen molar-refractivity contribution in [2.45, 2.75) is 29.5 Å². The fraction of sp³-hybridized carbons (Fsp3) is 0.429. The molecule has 1 N–H and O–H groups in total. The van der Waals surface area contributed by atoms with Crippen LogP contribution < -0.4 is 5.32 Å². The summed E-state index contributed by atoms with van der Waals surface area (Å²) in [6.45, 7) is 2.96. The molecule has 1 saturated heterocycles. The lowest BCUT2D eigenvalue weighted by atomic mass is 10.1. The van der Waals surface area contributed by atoms with Crippen LogP contribution in [0, 0.1) is 0 Å². The number of rotatable bonds is 1. The van der Waals surface area contributed by atoms with Crippen LogP contribution in [-0.4, -0.2) is 41.1 Å². The Morgan fingerprint density at radius 2 is 2.21 bits per heavy atom. The van der Waals surface area contributed by atoms with E-state index in [-0.39, 0.29) is 23.1 Å². The number of carbonyl (C=O) groups excluding carboxylic acids is 2. The number of hydrogen-bond donors (Lipinski definition) is 1. The van der Waals surface area contributed by atoms with Crippen molar-refractivity contribution in [1.29, 1.82) is 0 Å². The lowest BCUT2D eigenvalue weighted by molar-refractivity contribution is -0.142. The highest BCUT2D eigenvalue weighted by atomic mass is 32.2. The molecule has 2 unspecified atom stereocenters. The lowest BCUT2D eigenvalue weighted by Crippen LogP contribution is -2.57. The van der Waals surface area contributed by atoms with Gasteiger partial charge in [0, 0.05) is 18.0 Å². The van der Waals surface area contributed by atoms with Crippen LogP contribution in [0.3, 0.4) is 0 Å². The molecule has 1 aromatic carbocycles. The minimum absolute atomic E-state index is 0.0555. The summed E-state index contributed by atoms with van der Waals surface area (Å²) >= 11 is 1.62. The molecule has 0 aromatic heterocycles. The predicted octanol–water partition coefficient (Wildman–Crippen LogP) is 1.05. The highest BCUT2D eigenvalue weighted by Crippen LogP contribution is 2.37. The van der Waals surface area contributed by atoms with Crippen LogP contribution in [0.5, 0.6) is 0 Å². The van der Waals surface area contributed by atoms with E-state index in [2.05, 4.69) is 17.4 Å². The van der Waals surface area contributed by atoms with Gasteiger partial charge < -0.3 is 10.2 Å². The first-order chi connectivity index (χ1) is 9.16. The molecule has 19 heavy (non-hydrogen) atoms. The summed E-state index contributed by atoms with van der Waals surface area (Å²) < 4.78 is 0. The average molecular weight is 276 g/mol. The largest absolute Gasteiger partial charge is 0.353 e. The maximum absolute atomic E-state index is 12.5. The fourth-order valence-electron chi connectivity index (χ4n) is 2.59. The Kier molecular flexibility index (Phi) is 3.22. The van der Waals surface area contributed by atoms with Crippen molar-refractivity contribution in [3.63, 3.8) is 0 Å². The monoisotopic (exact) mass is 276 g/mol. The van der Waals surface area contributed by atoms with Crippen LogP contribution >= 0.6 is 11.8 Å². The number of piperazine rings is 1. The molecule has 100 valence electrons. The Labute approximate surface area is 116 Å². The molecule has 0 radical (unpaired) electrons. The number of fused-ring (bicyclic) bond motifs is 1. The first kappa shape index (κ1) is 12.5. The minimum Gasteiger partial charge on any atom is -0.353 e. The third-order valence-electron chi connectivity index (χ3n) is 3.70. The molecule has 3 rings (SSSR count). The van der Waals surface area contributed by atoms with Gasteiger partial charge in [-0.15, -0.1) is 11.8 Å². The van der Waals surface area contributed by atoms with Crippen molar-refractivity contribution >= 4 is 23.6 Å². The zero-order valence-electron chi connectivity index (χ0n) is 10.8. The summed E-state index contributed by atoms with van der Waals surface area (Å²) in [6, 6.07) is 7.77. The second kappa shape index (κ2) is 4.89. The fourth-order valence-corrected chi connectivity index (χ4v) is 3.85. The van der Waals surface area contributed by atoms with E-state index in [0.29, 0.717) is 13.1 Å². The molecule has 1 aromatic rings. The molecular formula is C14H16N2O2S. The van der Waals surface area contributed by atoms with Crippen molar-refractivity contribution in [3.8, 4) is 0 Å². The van der Waals surface area contributed by atoms with Crippen LogP contribution in [0.15, 0.2) is 29.2 Å². The average Bonchev–Trinajstić information content (AvgIpc) is 2.85. The molecule has 1 fully saturated rings. The summed E-state index contributed by atoms with van der Waals surface area (Å²) in [5.41, 5.74) is 1.24. The number of nitrogens with one attached hydrogen (secondary N) is 1. The van der Waals surface area contributed by atoms with E-state index < -0.39 is 0 Å². The van der Waals surface area contributed by atoms with Gasteiger partial charge in [0.1, 0.15) is 6.04 Å². The molecule has 0 saturated carbocycles. The summed E-state index contributed by atoms with van der Waals surface area (Å²) in [5.74, 6) is 0.0312. The Hall–Kier alpha value is -1.49. The standard InChI is InChI=1S/C14H16N2O2S/c1-9-13(17)15-6-7-16(9)14(18)12-8-10-4-2-3-5-11(10)19-12/h2-5,9,12H,6-8H2,1H3,(H,15,17). The number of nitrogens with zero attached hydrogens (tertiary/aromatic N) is 1. The molecule has 0 spiro atoms. The van der Waals surface area contributed by atoms with Gasteiger partial charge in [0.2, 0.25) is 11.8 Å². The zero-order valence-corrected chi connectivity index (χ0v) is 11.6. The highest BCUT2D eigenvalue weighted by molar-refractivity contribution is 8.01. The molecule has 2 aliphatic rings. The van der Waals surface area contributed by atoms with E-state index in [9.17, 15) is 9.59 Å². The van der Waals surface area contributed by atoms with E-state index in [1.54, 1.807) is 23.6 Å². The maximum atomic E-state index is 12.5. The van der Waals surface area contributed by atoms with E-state index in [1.165, 1.54) is 10.5 Å². The van der Waals surface area contributed by atoms with Gasteiger partial charge in [-0.2, -0.15) is 0 Å². The summed E-state index contributed by atoms with van der Waals surface area (Å²) in [4.78, 5) is 27.1. The number of hydrogen-bond acceptors (Lipinski definition) is 3. The van der Waals surface area contributed by atoms with E-state index in [1.807, 2.05) is 12.1 Å². The molecule has 2 amide bonds. The van der Waals surface area contributed by atoms with Gasteiger partial charge in [-0.1, -0.05) is 18.2 Å². The smallest absolute Gasteiger partial charge is 0.242 e. The Morgan fingerprint density at radius 1 is 1.42 bits per heavy atom. The maximum Gasteiger partial charge on any atom is 0.242 e. The van der Waals surface area contributed by atoms with Gasteiger partial charge >= 0.3 is 0 Å². The van der Waals surface area contributed by atoms with Crippen molar-refractivity contribution in [2.24, 2.45) is 0 Å². The quantitative estimate of drug-likeness (QED) is 0.834. The van der Waals surface area contributed by atoms with Gasteiger partial charge in [0.15, 0.2) is 0 Å². The molecule has 5 heteroatoms. The van der Waals surface area contributed by atoms with Crippen LogP contribution in [-0.2, 0) is 16.0 Å². The van der Waals surface area contributed by atoms with Crippen molar-refractivity contribution < 1.29 is 9.59 Å². The molecule has 0 aliphatic carbocycles. The zero-order chi connectivity index (χ0) is 13.4. The second-order valence-corrected chi connectivity index (χ2v) is 6.16. The van der Waals surface area contributed by atoms with Crippen LogP contribution in [0.4, 0.5) is 0 Å². The van der Waals surface area contributed by atoms with Gasteiger partial charge in [-0.05, 0) is 25.0 Å². The Bertz CT molecular complexity index is 507. The SMILES string of the molecule is CC1C(=O)NCCN1C(=O)C1Cc2ccccc2S1. The van der Waals surface area contributed by atoms with Crippen LogP contribution in [0.1, 0.15) is 12.5 Å². The Balaban J connectivity index is 1.74. The topological polar surface area (TPSA) is 49.4 Å². The Morgan fingerprint density at radius 3 is 3.00 bits per heavy atom. The third-order valence-corrected chi connectivity index (χ3v) is 5.01. The first-order valence-electron chi connectivity index (χ1n) is 6.49. The number of carbonyl (C=O) groups is 2. The summed E-state index contributed by atoms with van der Waals surface area (Å²) in [6.07, 6.45) is 0.768. The predicted molar refractivity (Wildman–Crippen MR) is 74.0 cm³/mol. The van der Waals surface area contributed by atoms with Gasteiger partial charge in [0.05, 0.1) is 5.25 Å². The van der Waals surface area contributed by atoms with Crippen molar-refractivity contribution in [1.82, 2.24) is 10.2 Å². The number of amides is 2. The van der Waals surface area contributed by atoms with E-state index in [0.717, 1.165) is 6.42 Å². The minimum atomic E-state index is -0.356. The normalized spacial score (nSPS) is 25.9. The molecular weight excluding hydrogens is 260 g/mol. The molecule has 0 bridgehead atoms. The van der Waals surface area contributed by atoms with Crippen LogP contribution in [0.25, 0.3) is 0 Å². The summed E-state index contributed by atoms with van der Waals surface area (Å²) in [7, 11) is 0. The molecule has 4 nitrogen and oxygen atoms in total. The van der Waals surface area contributed by atoms with Crippen molar-refractivity contribution in [2.75, 3.05) is 13.1 Å².